The number of alkyl halides is 3. The zero-order chi connectivity index (χ0) is 29.5. The predicted octanol–water partition coefficient (Wildman–Crippen LogP) is 3.87. The first kappa shape index (κ1) is 29.2. The highest BCUT2D eigenvalue weighted by atomic mass is 32.2. The van der Waals surface area contributed by atoms with Crippen molar-refractivity contribution < 1.29 is 27.0 Å². The van der Waals surface area contributed by atoms with Crippen molar-refractivity contribution in [2.75, 3.05) is 37.8 Å². The van der Waals surface area contributed by atoms with Gasteiger partial charge >= 0.3 is 6.18 Å². The molecule has 1 aliphatic heterocycles. The number of anilines is 1. The number of amides is 2. The van der Waals surface area contributed by atoms with Gasteiger partial charge in [-0.15, -0.1) is 11.3 Å². The van der Waals surface area contributed by atoms with Crippen molar-refractivity contribution in [1.82, 2.24) is 24.6 Å². The lowest BCUT2D eigenvalue weighted by atomic mass is 9.87. The highest BCUT2D eigenvalue weighted by Gasteiger charge is 2.37. The smallest absolute Gasteiger partial charge is 0.343 e. The summed E-state index contributed by atoms with van der Waals surface area (Å²) in [6, 6.07) is 9.06. The standard InChI is InChI=1S/C27H31F3N6O3S2/c1-17-13-22(27(28,29)30)32-36(17)14-23(37)35-12-11-34(15-24(35)41(3)39)26-31-20(16-40-26)25(38)33(2)21-10-6-8-18-7-4-5-9-19(18)21/h4-5,7,9,13,16,21,24H,6,8,10-12,14-15H2,1-3H3. The van der Waals surface area contributed by atoms with Crippen molar-refractivity contribution in [2.45, 2.75) is 50.3 Å². The topological polar surface area (TPSA) is 91.6 Å². The van der Waals surface area contributed by atoms with Crippen LogP contribution in [0.1, 0.15) is 51.9 Å². The predicted molar refractivity (Wildman–Crippen MR) is 150 cm³/mol. The Labute approximate surface area is 242 Å². The number of hydrogen-bond acceptors (Lipinski definition) is 7. The zero-order valence-electron chi connectivity index (χ0n) is 22.9. The van der Waals surface area contributed by atoms with Crippen molar-refractivity contribution >= 4 is 39.1 Å². The van der Waals surface area contributed by atoms with Crippen LogP contribution in [-0.2, 0) is 34.7 Å². The number of nitrogens with zero attached hydrogens (tertiary/aromatic N) is 6. The Morgan fingerprint density at radius 2 is 1.98 bits per heavy atom. The number of aromatic nitrogens is 3. The van der Waals surface area contributed by atoms with Gasteiger partial charge in [0, 0.05) is 48.3 Å². The van der Waals surface area contributed by atoms with Gasteiger partial charge in [-0.05, 0) is 43.4 Å². The third-order valence-corrected chi connectivity index (χ3v) is 9.77. The van der Waals surface area contributed by atoms with Crippen LogP contribution in [0.4, 0.5) is 18.3 Å². The maximum Gasteiger partial charge on any atom is 0.435 e. The van der Waals surface area contributed by atoms with E-state index in [9.17, 15) is 27.0 Å². The second-order valence-electron chi connectivity index (χ2n) is 10.4. The molecule has 2 aromatic heterocycles. The lowest BCUT2D eigenvalue weighted by Crippen LogP contribution is -2.57. The van der Waals surface area contributed by atoms with Gasteiger partial charge < -0.3 is 14.7 Å². The molecule has 2 aliphatic rings. The molecule has 1 saturated heterocycles. The first-order valence-corrected chi connectivity index (χ1v) is 15.7. The molecule has 3 heterocycles. The van der Waals surface area contributed by atoms with E-state index in [2.05, 4.69) is 22.2 Å². The molecule has 2 amide bonds. The van der Waals surface area contributed by atoms with Gasteiger partial charge in [0.05, 0.1) is 12.6 Å². The summed E-state index contributed by atoms with van der Waals surface area (Å²) in [6.07, 6.45) is -0.236. The number of thiazole rings is 1. The van der Waals surface area contributed by atoms with E-state index in [-0.39, 0.29) is 37.3 Å². The van der Waals surface area contributed by atoms with Gasteiger partial charge in [0.2, 0.25) is 5.91 Å². The monoisotopic (exact) mass is 608 g/mol. The number of carbonyl (C=O) groups is 2. The molecule has 0 radical (unpaired) electrons. The van der Waals surface area contributed by atoms with Gasteiger partial charge in [-0.1, -0.05) is 24.3 Å². The molecule has 14 heteroatoms. The van der Waals surface area contributed by atoms with Gasteiger partial charge in [0.15, 0.2) is 10.8 Å². The Bertz CT molecular complexity index is 1470. The quantitative estimate of drug-likeness (QED) is 0.422. The largest absolute Gasteiger partial charge is 0.435 e. The van der Waals surface area contributed by atoms with Gasteiger partial charge in [-0.3, -0.25) is 18.5 Å². The molecular weight excluding hydrogens is 577 g/mol. The first-order chi connectivity index (χ1) is 19.4. The first-order valence-electron chi connectivity index (χ1n) is 13.2. The van der Waals surface area contributed by atoms with Crippen LogP contribution in [0.5, 0.6) is 0 Å². The van der Waals surface area contributed by atoms with Crippen molar-refractivity contribution in [3.05, 3.63) is 63.9 Å². The fourth-order valence-corrected chi connectivity index (χ4v) is 7.29. The number of rotatable bonds is 6. The fraction of sp³-hybridized carbons (Fsp3) is 0.481. The summed E-state index contributed by atoms with van der Waals surface area (Å²) in [5.41, 5.74) is 1.91. The molecule has 0 saturated carbocycles. The van der Waals surface area contributed by atoms with Crippen LogP contribution in [0.2, 0.25) is 0 Å². The Hall–Kier alpha value is -3.26. The molecule has 3 unspecified atom stereocenters. The number of hydrogen-bond donors (Lipinski definition) is 0. The molecular formula is C27H31F3N6O3S2. The fourth-order valence-electron chi connectivity index (χ4n) is 5.48. The average molecular weight is 609 g/mol. The van der Waals surface area contributed by atoms with Crippen LogP contribution in [0.15, 0.2) is 35.7 Å². The van der Waals surface area contributed by atoms with E-state index in [0.717, 1.165) is 30.0 Å². The van der Waals surface area contributed by atoms with Crippen molar-refractivity contribution in [2.24, 2.45) is 0 Å². The van der Waals surface area contributed by atoms with E-state index in [1.165, 1.54) is 40.5 Å². The highest BCUT2D eigenvalue weighted by molar-refractivity contribution is 7.84. The summed E-state index contributed by atoms with van der Waals surface area (Å²) in [7, 11) is 0.352. The summed E-state index contributed by atoms with van der Waals surface area (Å²) >= 11 is 1.31. The molecule has 41 heavy (non-hydrogen) atoms. The average Bonchev–Trinajstić information content (AvgIpc) is 3.59. The Morgan fingerprint density at radius 3 is 2.68 bits per heavy atom. The third kappa shape index (κ3) is 6.03. The summed E-state index contributed by atoms with van der Waals surface area (Å²) in [6.45, 7) is 1.86. The molecule has 0 bridgehead atoms. The minimum atomic E-state index is -4.61. The lowest BCUT2D eigenvalue weighted by molar-refractivity contribution is -0.142. The molecule has 5 rings (SSSR count). The molecule has 3 aromatic rings. The highest BCUT2D eigenvalue weighted by Crippen LogP contribution is 2.35. The number of aryl methyl sites for hydroxylation is 2. The number of benzene rings is 1. The van der Waals surface area contributed by atoms with Gasteiger partial charge in [-0.25, -0.2) is 4.98 Å². The van der Waals surface area contributed by atoms with Gasteiger partial charge in [0.1, 0.15) is 17.6 Å². The van der Waals surface area contributed by atoms with Crippen LogP contribution >= 0.6 is 11.3 Å². The second-order valence-corrected chi connectivity index (χ2v) is 12.7. The Balaban J connectivity index is 1.26. The van der Waals surface area contributed by atoms with Gasteiger partial charge in [-0.2, -0.15) is 18.3 Å². The minimum absolute atomic E-state index is 0.0234. The maximum absolute atomic E-state index is 13.4. The number of piperazine rings is 1. The SMILES string of the molecule is Cc1cc(C(F)(F)F)nn1CC(=O)N1CCN(c2nc(C(=O)N(C)C3CCCc4ccccc43)cs2)CC1S(C)=O. The summed E-state index contributed by atoms with van der Waals surface area (Å²) < 4.78 is 52.8. The van der Waals surface area contributed by atoms with Crippen molar-refractivity contribution in [1.29, 1.82) is 0 Å². The lowest BCUT2D eigenvalue weighted by Gasteiger charge is -2.40. The normalized spacial score (nSPS) is 20.0. The maximum atomic E-state index is 13.4. The number of halogens is 3. The van der Waals surface area contributed by atoms with Crippen molar-refractivity contribution in [3.63, 3.8) is 0 Å². The van der Waals surface area contributed by atoms with Crippen LogP contribution in [-0.4, -0.2) is 78.9 Å². The molecule has 9 nitrogen and oxygen atoms in total. The molecule has 220 valence electrons. The van der Waals surface area contributed by atoms with E-state index >= 15 is 0 Å². The summed E-state index contributed by atoms with van der Waals surface area (Å²) in [5, 5.41) is 5.15. The zero-order valence-corrected chi connectivity index (χ0v) is 24.6. The van der Waals surface area contributed by atoms with Crippen LogP contribution in [0, 0.1) is 6.92 Å². The molecule has 0 spiro atoms. The Morgan fingerprint density at radius 1 is 1.22 bits per heavy atom. The van der Waals surface area contributed by atoms with Crippen LogP contribution in [0.25, 0.3) is 0 Å². The molecule has 1 fully saturated rings. The Kier molecular flexibility index (Phi) is 8.24. The summed E-state index contributed by atoms with van der Waals surface area (Å²) in [4.78, 5) is 36.2. The van der Waals surface area contributed by atoms with Crippen LogP contribution in [0.3, 0.4) is 0 Å². The van der Waals surface area contributed by atoms with Gasteiger partial charge in [0.25, 0.3) is 5.91 Å². The summed E-state index contributed by atoms with van der Waals surface area (Å²) in [5.74, 6) is -0.638. The van der Waals surface area contributed by atoms with E-state index in [1.807, 2.05) is 17.0 Å². The second kappa shape index (κ2) is 11.6. The third-order valence-electron chi connectivity index (χ3n) is 7.70. The number of carbonyl (C=O) groups excluding carboxylic acids is 2. The molecule has 1 aromatic carbocycles. The van der Waals surface area contributed by atoms with E-state index in [4.69, 9.17) is 0 Å². The van der Waals surface area contributed by atoms with Crippen molar-refractivity contribution in [3.8, 4) is 0 Å². The minimum Gasteiger partial charge on any atom is -0.343 e. The van der Waals surface area contributed by atoms with E-state index < -0.39 is 34.0 Å². The van der Waals surface area contributed by atoms with E-state index in [1.54, 1.807) is 17.3 Å². The molecule has 1 aliphatic carbocycles. The molecule has 3 atom stereocenters. The van der Waals surface area contributed by atoms with E-state index in [0.29, 0.717) is 17.4 Å². The number of fused-ring (bicyclic) bond motifs is 1. The van der Waals surface area contributed by atoms with Crippen LogP contribution < -0.4 is 4.90 Å². The molecule has 0 N–H and O–H groups in total.